The highest BCUT2D eigenvalue weighted by Crippen LogP contribution is 2.38. The molecule has 0 unspecified atom stereocenters. The van der Waals surface area contributed by atoms with Crippen molar-refractivity contribution in [2.75, 3.05) is 0 Å². The van der Waals surface area contributed by atoms with Crippen molar-refractivity contribution in [2.45, 2.75) is 12.4 Å². The van der Waals surface area contributed by atoms with Gasteiger partial charge in [-0.05, 0) is 53.6 Å². The summed E-state index contributed by atoms with van der Waals surface area (Å²) >= 11 is 5.27. The van der Waals surface area contributed by atoms with Crippen LogP contribution in [0.25, 0.3) is 6.08 Å². The molecule has 2 rings (SSSR count). The van der Waals surface area contributed by atoms with Crippen LogP contribution in [-0.2, 0) is 17.1 Å². The normalized spacial score (nSPS) is 12.2. The third-order valence-electron chi connectivity index (χ3n) is 3.33. The Morgan fingerprint density at radius 2 is 1.36 bits per heavy atom. The molecule has 0 fully saturated rings. The van der Waals surface area contributed by atoms with E-state index in [4.69, 9.17) is 11.6 Å². The van der Waals surface area contributed by atoms with Gasteiger partial charge in [0.25, 0.3) is 5.24 Å². The molecule has 0 aliphatic rings. The monoisotopic (exact) mass is 422 g/mol. The van der Waals surface area contributed by atoms with E-state index in [9.17, 15) is 35.9 Å². The predicted octanol–water partition coefficient (Wildman–Crippen LogP) is 5.72. The molecule has 0 heterocycles. The van der Waals surface area contributed by atoms with E-state index in [-0.39, 0.29) is 11.6 Å². The first-order valence-electron chi connectivity index (χ1n) is 7.35. The van der Waals surface area contributed by atoms with Gasteiger partial charge in [-0.2, -0.15) is 26.3 Å². The van der Waals surface area contributed by atoms with Gasteiger partial charge in [0.15, 0.2) is 0 Å². The highest BCUT2D eigenvalue weighted by atomic mass is 35.5. The number of benzene rings is 2. The molecular formula is C18H9ClF6O3. The van der Waals surface area contributed by atoms with Gasteiger partial charge in [-0.15, -0.1) is 0 Å². The van der Waals surface area contributed by atoms with Gasteiger partial charge in [0, 0.05) is 11.6 Å². The molecule has 0 bridgehead atoms. The molecule has 148 valence electrons. The fourth-order valence-corrected chi connectivity index (χ4v) is 2.15. The highest BCUT2D eigenvalue weighted by Gasteiger charge is 2.37. The van der Waals surface area contributed by atoms with Gasteiger partial charge in [0.1, 0.15) is 5.75 Å². The number of hydrogen-bond acceptors (Lipinski definition) is 3. The molecule has 10 heteroatoms. The van der Waals surface area contributed by atoms with Gasteiger partial charge < -0.3 is 4.74 Å². The van der Waals surface area contributed by atoms with Gasteiger partial charge in [-0.1, -0.05) is 12.1 Å². The fraction of sp³-hybridized carbons (Fsp3) is 0.111. The Balaban J connectivity index is 2.21. The van der Waals surface area contributed by atoms with E-state index < -0.39 is 40.4 Å². The number of carbonyl (C=O) groups excluding carboxylic acids is 2. The van der Waals surface area contributed by atoms with E-state index in [0.29, 0.717) is 17.7 Å². The molecule has 28 heavy (non-hydrogen) atoms. The zero-order chi connectivity index (χ0) is 21.1. The summed E-state index contributed by atoms with van der Waals surface area (Å²) in [7, 11) is 0. The lowest BCUT2D eigenvalue weighted by atomic mass is 10.1. The Labute approximate surface area is 159 Å². The van der Waals surface area contributed by atoms with E-state index >= 15 is 0 Å². The second-order valence-electron chi connectivity index (χ2n) is 5.39. The Morgan fingerprint density at radius 3 is 1.79 bits per heavy atom. The van der Waals surface area contributed by atoms with Crippen LogP contribution in [0.2, 0.25) is 0 Å². The summed E-state index contributed by atoms with van der Waals surface area (Å²) in [6.45, 7) is 0. The minimum absolute atomic E-state index is 0.0765. The number of alkyl halides is 6. The van der Waals surface area contributed by atoms with Crippen LogP contribution < -0.4 is 4.74 Å². The Hall–Kier alpha value is -2.81. The van der Waals surface area contributed by atoms with Gasteiger partial charge in [-0.3, -0.25) is 4.79 Å². The summed E-state index contributed by atoms with van der Waals surface area (Å²) in [4.78, 5) is 22.7. The molecule has 0 spiro atoms. The molecule has 3 nitrogen and oxygen atoms in total. The van der Waals surface area contributed by atoms with E-state index in [1.54, 1.807) is 0 Å². The maximum Gasteiger partial charge on any atom is 0.416 e. The number of carbonyl (C=O) groups is 2. The van der Waals surface area contributed by atoms with Crippen molar-refractivity contribution in [1.29, 1.82) is 0 Å². The highest BCUT2D eigenvalue weighted by molar-refractivity contribution is 6.67. The lowest BCUT2D eigenvalue weighted by molar-refractivity contribution is -0.144. The summed E-state index contributed by atoms with van der Waals surface area (Å²) in [5, 5.41) is -0.694. The van der Waals surface area contributed by atoms with Crippen molar-refractivity contribution in [2.24, 2.45) is 0 Å². The molecule has 0 saturated heterocycles. The van der Waals surface area contributed by atoms with Crippen molar-refractivity contribution in [3.63, 3.8) is 0 Å². The molecule has 0 atom stereocenters. The average Bonchev–Trinajstić information content (AvgIpc) is 2.58. The van der Waals surface area contributed by atoms with E-state index in [1.807, 2.05) is 0 Å². The van der Waals surface area contributed by atoms with Gasteiger partial charge in [0.05, 0.1) is 11.1 Å². The molecule has 0 aliphatic heterocycles. The second-order valence-corrected chi connectivity index (χ2v) is 5.74. The van der Waals surface area contributed by atoms with Gasteiger partial charge in [0.2, 0.25) is 0 Å². The number of hydrogen-bond donors (Lipinski definition) is 0. The Morgan fingerprint density at radius 1 is 0.857 bits per heavy atom. The van der Waals surface area contributed by atoms with Crippen LogP contribution in [0.4, 0.5) is 26.3 Å². The smallest absolute Gasteiger partial charge is 0.416 e. The quantitative estimate of drug-likeness (QED) is 0.208. The van der Waals surface area contributed by atoms with Crippen LogP contribution in [0.5, 0.6) is 5.75 Å². The van der Waals surface area contributed by atoms with E-state index in [1.165, 1.54) is 30.3 Å². The van der Waals surface area contributed by atoms with Gasteiger partial charge in [-0.25, -0.2) is 4.79 Å². The van der Waals surface area contributed by atoms with Crippen LogP contribution in [0.1, 0.15) is 27.0 Å². The Bertz CT molecular complexity index is 882. The molecular weight excluding hydrogens is 414 g/mol. The van der Waals surface area contributed by atoms with Crippen molar-refractivity contribution >= 4 is 28.9 Å². The van der Waals surface area contributed by atoms with Gasteiger partial charge >= 0.3 is 18.3 Å². The summed E-state index contributed by atoms with van der Waals surface area (Å²) in [5.74, 6) is -2.09. The Kier molecular flexibility index (Phi) is 6.18. The number of ether oxygens (including phenoxy) is 1. The van der Waals surface area contributed by atoms with E-state index in [0.717, 1.165) is 6.08 Å². The zero-order valence-corrected chi connectivity index (χ0v) is 14.3. The predicted molar refractivity (Wildman–Crippen MR) is 87.7 cm³/mol. The first-order valence-corrected chi connectivity index (χ1v) is 7.73. The van der Waals surface area contributed by atoms with Crippen LogP contribution in [0, 0.1) is 0 Å². The minimum Gasteiger partial charge on any atom is -0.423 e. The largest absolute Gasteiger partial charge is 0.423 e. The molecule has 0 saturated carbocycles. The number of rotatable bonds is 4. The summed E-state index contributed by atoms with van der Waals surface area (Å²) < 4.78 is 81.2. The molecule has 2 aromatic carbocycles. The summed E-state index contributed by atoms with van der Waals surface area (Å²) in [6, 6.07) is 6.08. The SMILES string of the molecule is O=C(/C=C/c1ccc(C(=O)Cl)cc1)Oc1cc(C(F)(F)F)cc(C(F)(F)F)c1. The molecule has 2 aromatic rings. The number of esters is 1. The van der Waals surface area contributed by atoms with Crippen LogP contribution in [0.15, 0.2) is 48.5 Å². The molecule has 0 aromatic heterocycles. The van der Waals surface area contributed by atoms with Crippen molar-refractivity contribution < 1.29 is 40.7 Å². The third-order valence-corrected chi connectivity index (χ3v) is 3.55. The zero-order valence-electron chi connectivity index (χ0n) is 13.6. The average molecular weight is 423 g/mol. The number of halogens is 7. The molecule has 0 aliphatic carbocycles. The lowest BCUT2D eigenvalue weighted by Crippen LogP contribution is -2.12. The van der Waals surface area contributed by atoms with Crippen molar-refractivity contribution in [1.82, 2.24) is 0 Å². The molecule has 0 amide bonds. The van der Waals surface area contributed by atoms with Crippen LogP contribution in [0.3, 0.4) is 0 Å². The lowest BCUT2D eigenvalue weighted by Gasteiger charge is -2.13. The summed E-state index contributed by atoms with van der Waals surface area (Å²) in [6.07, 6.45) is -8.10. The fourth-order valence-electron chi connectivity index (χ4n) is 2.03. The third kappa shape index (κ3) is 5.85. The maximum absolute atomic E-state index is 12.8. The van der Waals surface area contributed by atoms with Crippen LogP contribution in [-0.4, -0.2) is 11.2 Å². The topological polar surface area (TPSA) is 43.4 Å². The molecule has 0 N–H and O–H groups in total. The van der Waals surface area contributed by atoms with Crippen molar-refractivity contribution in [3.8, 4) is 5.75 Å². The standard InChI is InChI=1S/C18H9ClF6O3/c19-16(27)11-4-1-10(2-5-11)3-6-15(26)28-14-8-12(17(20,21)22)7-13(9-14)18(23,24)25/h1-9H/b6-3+. The summed E-state index contributed by atoms with van der Waals surface area (Å²) in [5.41, 5.74) is -2.59. The maximum atomic E-state index is 12.8. The minimum atomic E-state index is -5.06. The first kappa shape index (κ1) is 21.5. The second kappa shape index (κ2) is 8.05. The van der Waals surface area contributed by atoms with E-state index in [2.05, 4.69) is 4.74 Å². The van der Waals surface area contributed by atoms with Crippen LogP contribution >= 0.6 is 11.6 Å². The molecule has 0 radical (unpaired) electrons. The van der Waals surface area contributed by atoms with Crippen molar-refractivity contribution in [3.05, 3.63) is 70.8 Å². The first-order chi connectivity index (χ1) is 12.9.